The lowest BCUT2D eigenvalue weighted by molar-refractivity contribution is -0.422. The van der Waals surface area contributed by atoms with Crippen molar-refractivity contribution in [1.82, 2.24) is 0 Å². The van der Waals surface area contributed by atoms with Crippen LogP contribution >= 0.6 is 0 Å². The topological polar surface area (TPSA) is 125 Å². The van der Waals surface area contributed by atoms with Crippen molar-refractivity contribution in [3.8, 4) is 11.5 Å². The number of nitro benzene ring substituents is 2. The first-order valence-electron chi connectivity index (χ1n) is 4.75. The van der Waals surface area contributed by atoms with E-state index in [1.165, 1.54) is 7.11 Å². The van der Waals surface area contributed by atoms with Crippen molar-refractivity contribution in [2.75, 3.05) is 20.3 Å². The molecule has 18 heavy (non-hydrogen) atoms. The van der Waals surface area contributed by atoms with Crippen molar-refractivity contribution in [2.24, 2.45) is 0 Å². The Morgan fingerprint density at radius 2 is 1.72 bits per heavy atom. The van der Waals surface area contributed by atoms with Crippen molar-refractivity contribution in [2.45, 2.75) is 0 Å². The maximum Gasteiger partial charge on any atom is 0.350 e. The first-order valence-corrected chi connectivity index (χ1v) is 4.75. The summed E-state index contributed by atoms with van der Waals surface area (Å²) in [5, 5.41) is 30.7. The number of phenols is 1. The molecular weight excluding hydrogens is 248 g/mol. The van der Waals surface area contributed by atoms with E-state index >= 15 is 0 Å². The zero-order valence-electron chi connectivity index (χ0n) is 9.36. The molecule has 0 heterocycles. The molecule has 98 valence electrons. The molecule has 0 saturated carbocycles. The van der Waals surface area contributed by atoms with Crippen LogP contribution in [0.2, 0.25) is 0 Å². The third-order valence-electron chi connectivity index (χ3n) is 1.99. The molecule has 9 nitrogen and oxygen atoms in total. The zero-order valence-corrected chi connectivity index (χ0v) is 9.36. The maximum absolute atomic E-state index is 10.7. The van der Waals surface area contributed by atoms with Gasteiger partial charge in [-0.1, -0.05) is 0 Å². The van der Waals surface area contributed by atoms with Crippen LogP contribution in [0.15, 0.2) is 12.1 Å². The van der Waals surface area contributed by atoms with Crippen LogP contribution in [0, 0.1) is 20.2 Å². The van der Waals surface area contributed by atoms with Gasteiger partial charge in [-0.05, 0) is 0 Å². The number of nitrogens with zero attached hydrogens (tertiary/aromatic N) is 2. The average molecular weight is 258 g/mol. The van der Waals surface area contributed by atoms with Crippen LogP contribution in [0.3, 0.4) is 0 Å². The molecule has 1 aromatic rings. The minimum atomic E-state index is -0.948. The van der Waals surface area contributed by atoms with Gasteiger partial charge in [-0.25, -0.2) is 0 Å². The summed E-state index contributed by atoms with van der Waals surface area (Å²) in [5.74, 6) is -0.743. The standard InChI is InChI=1S/C9H10N2O7/c1-17-2-3-18-9-5-7(11(15)16)6(10(13)14)4-8(9)12/h4-5,12H,2-3H2,1H3. The molecule has 0 aromatic heterocycles. The summed E-state index contributed by atoms with van der Waals surface area (Å²) in [4.78, 5) is 19.4. The Morgan fingerprint density at radius 3 is 2.22 bits per heavy atom. The number of ether oxygens (including phenoxy) is 2. The first-order chi connectivity index (χ1) is 8.47. The molecule has 0 fully saturated rings. The van der Waals surface area contributed by atoms with Gasteiger partial charge in [0.1, 0.15) is 6.61 Å². The van der Waals surface area contributed by atoms with Crippen molar-refractivity contribution in [1.29, 1.82) is 0 Å². The van der Waals surface area contributed by atoms with Crippen molar-refractivity contribution < 1.29 is 24.4 Å². The highest BCUT2D eigenvalue weighted by atomic mass is 16.6. The summed E-state index contributed by atoms with van der Waals surface area (Å²) < 4.78 is 9.70. The van der Waals surface area contributed by atoms with Crippen molar-refractivity contribution >= 4 is 11.4 Å². The van der Waals surface area contributed by atoms with Gasteiger partial charge in [-0.2, -0.15) is 0 Å². The van der Waals surface area contributed by atoms with Gasteiger partial charge < -0.3 is 14.6 Å². The van der Waals surface area contributed by atoms with Crippen LogP contribution in [-0.2, 0) is 4.74 Å². The maximum atomic E-state index is 10.7. The fraction of sp³-hybridized carbons (Fsp3) is 0.333. The number of rotatable bonds is 6. The SMILES string of the molecule is COCCOc1cc([N+](=O)[O-])c([N+](=O)[O-])cc1O. The second kappa shape index (κ2) is 5.77. The third kappa shape index (κ3) is 3.04. The van der Waals surface area contributed by atoms with Gasteiger partial charge in [-0.3, -0.25) is 20.2 Å². The number of phenolic OH excluding ortho intramolecular Hbond substituents is 1. The summed E-state index contributed by atoms with van der Waals surface area (Å²) >= 11 is 0. The molecule has 0 aliphatic carbocycles. The van der Waals surface area contributed by atoms with Gasteiger partial charge in [0.2, 0.25) is 0 Å². The second-order valence-electron chi connectivity index (χ2n) is 3.16. The van der Waals surface area contributed by atoms with Gasteiger partial charge in [0, 0.05) is 7.11 Å². The van der Waals surface area contributed by atoms with Gasteiger partial charge in [0.25, 0.3) is 0 Å². The quantitative estimate of drug-likeness (QED) is 0.462. The van der Waals surface area contributed by atoms with Gasteiger partial charge in [0.15, 0.2) is 11.5 Å². The average Bonchev–Trinajstić information content (AvgIpc) is 2.30. The van der Waals surface area contributed by atoms with E-state index < -0.39 is 27.0 Å². The molecule has 0 bridgehead atoms. The second-order valence-corrected chi connectivity index (χ2v) is 3.16. The molecule has 0 amide bonds. The summed E-state index contributed by atoms with van der Waals surface area (Å²) in [6.07, 6.45) is 0. The Morgan fingerprint density at radius 1 is 1.17 bits per heavy atom. The van der Waals surface area contributed by atoms with E-state index in [2.05, 4.69) is 0 Å². The Bertz CT molecular complexity index is 474. The fourth-order valence-electron chi connectivity index (χ4n) is 1.19. The lowest BCUT2D eigenvalue weighted by Gasteiger charge is -2.07. The van der Waals surface area contributed by atoms with Gasteiger partial charge in [0.05, 0.1) is 28.6 Å². The molecule has 0 unspecified atom stereocenters. The van der Waals surface area contributed by atoms with E-state index in [0.29, 0.717) is 6.07 Å². The number of nitro groups is 2. The Balaban J connectivity index is 3.11. The van der Waals surface area contributed by atoms with E-state index in [1.54, 1.807) is 0 Å². The molecule has 0 radical (unpaired) electrons. The third-order valence-corrected chi connectivity index (χ3v) is 1.99. The van der Waals surface area contributed by atoms with E-state index in [0.717, 1.165) is 6.07 Å². The molecule has 0 saturated heterocycles. The van der Waals surface area contributed by atoms with Gasteiger partial charge >= 0.3 is 11.4 Å². The van der Waals surface area contributed by atoms with Crippen molar-refractivity contribution in [3.05, 3.63) is 32.4 Å². The summed E-state index contributed by atoms with van der Waals surface area (Å²) in [6, 6.07) is 1.49. The summed E-state index contributed by atoms with van der Waals surface area (Å²) in [7, 11) is 1.43. The molecule has 0 aliphatic rings. The minimum absolute atomic E-state index is 0.0546. The Kier molecular flexibility index (Phi) is 4.38. The Labute approximate surface area is 101 Å². The predicted molar refractivity (Wildman–Crippen MR) is 58.8 cm³/mol. The van der Waals surface area contributed by atoms with E-state index in [-0.39, 0.29) is 19.0 Å². The highest BCUT2D eigenvalue weighted by Crippen LogP contribution is 2.38. The highest BCUT2D eigenvalue weighted by Gasteiger charge is 2.27. The van der Waals surface area contributed by atoms with Gasteiger partial charge in [-0.15, -0.1) is 0 Å². The smallest absolute Gasteiger partial charge is 0.350 e. The zero-order chi connectivity index (χ0) is 13.7. The molecule has 0 atom stereocenters. The first kappa shape index (κ1) is 13.6. The molecule has 1 aromatic carbocycles. The van der Waals surface area contributed by atoms with Crippen LogP contribution < -0.4 is 4.74 Å². The van der Waals surface area contributed by atoms with Crippen LogP contribution in [0.5, 0.6) is 11.5 Å². The van der Waals surface area contributed by atoms with Crippen LogP contribution in [0.4, 0.5) is 11.4 Å². The monoisotopic (exact) mass is 258 g/mol. The lowest BCUT2D eigenvalue weighted by Crippen LogP contribution is -2.05. The summed E-state index contributed by atoms with van der Waals surface area (Å²) in [6.45, 7) is 0.267. The number of benzene rings is 1. The molecular formula is C9H10N2O7. The highest BCUT2D eigenvalue weighted by molar-refractivity contribution is 5.61. The van der Waals surface area contributed by atoms with Crippen LogP contribution in [-0.4, -0.2) is 35.3 Å². The lowest BCUT2D eigenvalue weighted by atomic mass is 10.2. The largest absolute Gasteiger partial charge is 0.504 e. The number of hydrogen-bond donors (Lipinski definition) is 1. The number of hydrogen-bond acceptors (Lipinski definition) is 7. The minimum Gasteiger partial charge on any atom is -0.504 e. The number of aromatic hydroxyl groups is 1. The molecule has 0 spiro atoms. The van der Waals surface area contributed by atoms with Crippen LogP contribution in [0.1, 0.15) is 0 Å². The predicted octanol–water partition coefficient (Wildman–Crippen LogP) is 1.23. The molecule has 9 heteroatoms. The molecule has 0 aliphatic heterocycles. The van der Waals surface area contributed by atoms with Crippen molar-refractivity contribution in [3.63, 3.8) is 0 Å². The number of methoxy groups -OCH3 is 1. The normalized spacial score (nSPS) is 10.1. The summed E-state index contributed by atoms with van der Waals surface area (Å²) in [5.41, 5.74) is -1.54. The van der Waals surface area contributed by atoms with Crippen LogP contribution in [0.25, 0.3) is 0 Å². The molecule has 1 N–H and O–H groups in total. The fourth-order valence-corrected chi connectivity index (χ4v) is 1.19. The molecule has 1 rings (SSSR count). The van der Waals surface area contributed by atoms with E-state index in [4.69, 9.17) is 9.47 Å². The van der Waals surface area contributed by atoms with E-state index in [9.17, 15) is 25.3 Å². The Hall–Kier alpha value is -2.42. The van der Waals surface area contributed by atoms with E-state index in [1.807, 2.05) is 0 Å².